The van der Waals surface area contributed by atoms with Crippen LogP contribution in [0.4, 0.5) is 0 Å². The Kier molecular flexibility index (Phi) is 12.9. The minimum atomic E-state index is 0.0918. The largest absolute Gasteiger partial charge is 0.356 e. The number of nitrogens with zero attached hydrogens (tertiary/aromatic N) is 1. The van der Waals surface area contributed by atoms with Crippen LogP contribution in [0.5, 0.6) is 0 Å². The molecular weight excluding hydrogens is 264 g/mol. The van der Waals surface area contributed by atoms with Gasteiger partial charge in [0.25, 0.3) is 0 Å². The van der Waals surface area contributed by atoms with E-state index in [9.17, 15) is 4.79 Å². The maximum absolute atomic E-state index is 11.5. The SMILES string of the molecule is CCCCC(CC)CNC(=NC)NCCC(=O)NCCC. The first-order chi connectivity index (χ1) is 10.2. The van der Waals surface area contributed by atoms with E-state index in [2.05, 4.69) is 34.8 Å². The zero-order valence-electron chi connectivity index (χ0n) is 14.3. The molecule has 1 amide bonds. The number of carbonyl (C=O) groups is 1. The molecule has 0 aromatic carbocycles. The molecule has 21 heavy (non-hydrogen) atoms. The molecule has 124 valence electrons. The van der Waals surface area contributed by atoms with Gasteiger partial charge < -0.3 is 16.0 Å². The highest BCUT2D eigenvalue weighted by Crippen LogP contribution is 2.10. The molecule has 0 bridgehead atoms. The van der Waals surface area contributed by atoms with E-state index in [4.69, 9.17) is 0 Å². The summed E-state index contributed by atoms with van der Waals surface area (Å²) in [6, 6.07) is 0. The Bertz CT molecular complexity index is 292. The van der Waals surface area contributed by atoms with Gasteiger partial charge in [-0.3, -0.25) is 9.79 Å². The summed E-state index contributed by atoms with van der Waals surface area (Å²) in [5.41, 5.74) is 0. The number of rotatable bonds is 11. The van der Waals surface area contributed by atoms with Crippen molar-refractivity contribution in [3.63, 3.8) is 0 Å². The lowest BCUT2D eigenvalue weighted by Gasteiger charge is -2.18. The van der Waals surface area contributed by atoms with Crippen LogP contribution >= 0.6 is 0 Å². The van der Waals surface area contributed by atoms with E-state index in [0.29, 0.717) is 18.9 Å². The molecule has 1 atom stereocenters. The quantitative estimate of drug-likeness (QED) is 0.405. The second-order valence-electron chi connectivity index (χ2n) is 5.40. The number of hydrogen-bond donors (Lipinski definition) is 3. The number of guanidine groups is 1. The molecule has 0 saturated heterocycles. The molecular formula is C16H34N4O. The van der Waals surface area contributed by atoms with Gasteiger partial charge in [-0.05, 0) is 18.8 Å². The summed E-state index contributed by atoms with van der Waals surface area (Å²) >= 11 is 0. The summed E-state index contributed by atoms with van der Waals surface area (Å²) in [6.07, 6.45) is 6.42. The van der Waals surface area contributed by atoms with Crippen molar-refractivity contribution in [2.75, 3.05) is 26.7 Å². The molecule has 0 rings (SSSR count). The normalized spacial score (nSPS) is 12.9. The van der Waals surface area contributed by atoms with Crippen LogP contribution < -0.4 is 16.0 Å². The monoisotopic (exact) mass is 298 g/mol. The van der Waals surface area contributed by atoms with Crippen LogP contribution in [0.3, 0.4) is 0 Å². The summed E-state index contributed by atoms with van der Waals surface area (Å²) in [5, 5.41) is 9.41. The zero-order chi connectivity index (χ0) is 15.9. The van der Waals surface area contributed by atoms with Gasteiger partial charge in [0.2, 0.25) is 5.91 Å². The van der Waals surface area contributed by atoms with E-state index in [1.807, 2.05) is 6.92 Å². The standard InChI is InChI=1S/C16H34N4O/c1-5-8-9-14(7-3)13-20-16(17-4)19-12-10-15(21)18-11-6-2/h14H,5-13H2,1-4H3,(H,18,21)(H2,17,19,20). The Balaban J connectivity index is 3.87. The lowest BCUT2D eigenvalue weighted by Crippen LogP contribution is -2.41. The van der Waals surface area contributed by atoms with Gasteiger partial charge in [0, 0.05) is 33.1 Å². The molecule has 0 aliphatic heterocycles. The van der Waals surface area contributed by atoms with E-state index < -0.39 is 0 Å². The van der Waals surface area contributed by atoms with Crippen LogP contribution in [-0.2, 0) is 4.79 Å². The minimum absolute atomic E-state index is 0.0918. The van der Waals surface area contributed by atoms with Crippen LogP contribution in [0.2, 0.25) is 0 Å². The highest BCUT2D eigenvalue weighted by molar-refractivity contribution is 5.81. The van der Waals surface area contributed by atoms with Gasteiger partial charge in [-0.25, -0.2) is 0 Å². The predicted octanol–water partition coefficient (Wildman–Crippen LogP) is 2.28. The lowest BCUT2D eigenvalue weighted by molar-refractivity contribution is -0.120. The second kappa shape index (κ2) is 13.7. The summed E-state index contributed by atoms with van der Waals surface area (Å²) in [6.45, 7) is 8.81. The number of nitrogens with one attached hydrogen (secondary N) is 3. The molecule has 0 heterocycles. The Labute approximate surface area is 130 Å². The highest BCUT2D eigenvalue weighted by atomic mass is 16.1. The van der Waals surface area contributed by atoms with E-state index >= 15 is 0 Å². The van der Waals surface area contributed by atoms with Gasteiger partial charge in [-0.15, -0.1) is 0 Å². The second-order valence-corrected chi connectivity index (χ2v) is 5.40. The molecule has 0 spiro atoms. The van der Waals surface area contributed by atoms with Crippen molar-refractivity contribution in [2.45, 2.75) is 59.3 Å². The summed E-state index contributed by atoms with van der Waals surface area (Å²) in [7, 11) is 1.76. The Hall–Kier alpha value is -1.26. The molecule has 5 heteroatoms. The van der Waals surface area contributed by atoms with Gasteiger partial charge in [0.15, 0.2) is 5.96 Å². The van der Waals surface area contributed by atoms with Gasteiger partial charge in [-0.2, -0.15) is 0 Å². The highest BCUT2D eigenvalue weighted by Gasteiger charge is 2.07. The van der Waals surface area contributed by atoms with Crippen LogP contribution in [0.1, 0.15) is 59.3 Å². The molecule has 1 unspecified atom stereocenters. The van der Waals surface area contributed by atoms with Crippen LogP contribution in [0.15, 0.2) is 4.99 Å². The molecule has 0 aliphatic carbocycles. The molecule has 0 fully saturated rings. The third-order valence-electron chi connectivity index (χ3n) is 3.54. The molecule has 5 nitrogen and oxygen atoms in total. The van der Waals surface area contributed by atoms with Crippen molar-refractivity contribution in [1.29, 1.82) is 0 Å². The molecule has 0 aromatic heterocycles. The Morgan fingerprint density at radius 3 is 2.38 bits per heavy atom. The fourth-order valence-corrected chi connectivity index (χ4v) is 2.05. The third-order valence-corrected chi connectivity index (χ3v) is 3.54. The molecule has 0 aromatic rings. The third kappa shape index (κ3) is 11.1. The van der Waals surface area contributed by atoms with Crippen molar-refractivity contribution in [3.05, 3.63) is 0 Å². The van der Waals surface area contributed by atoms with Gasteiger partial charge in [0.05, 0.1) is 0 Å². The molecule has 0 radical (unpaired) electrons. The first-order valence-corrected chi connectivity index (χ1v) is 8.39. The summed E-state index contributed by atoms with van der Waals surface area (Å²) in [4.78, 5) is 15.7. The van der Waals surface area contributed by atoms with Crippen molar-refractivity contribution in [3.8, 4) is 0 Å². The van der Waals surface area contributed by atoms with Crippen LogP contribution in [0, 0.1) is 5.92 Å². The molecule has 3 N–H and O–H groups in total. The summed E-state index contributed by atoms with van der Waals surface area (Å²) < 4.78 is 0. The van der Waals surface area contributed by atoms with Gasteiger partial charge in [-0.1, -0.05) is 40.0 Å². The summed E-state index contributed by atoms with van der Waals surface area (Å²) in [5.74, 6) is 1.57. The number of unbranched alkanes of at least 4 members (excludes halogenated alkanes) is 1. The first kappa shape index (κ1) is 19.7. The lowest BCUT2D eigenvalue weighted by atomic mass is 9.99. The zero-order valence-corrected chi connectivity index (χ0v) is 14.3. The van der Waals surface area contributed by atoms with Crippen molar-refractivity contribution in [1.82, 2.24) is 16.0 Å². The average Bonchev–Trinajstić information content (AvgIpc) is 2.51. The number of amides is 1. The Morgan fingerprint density at radius 2 is 1.81 bits per heavy atom. The van der Waals surface area contributed by atoms with Crippen LogP contribution in [0.25, 0.3) is 0 Å². The number of carbonyl (C=O) groups excluding carboxylic acids is 1. The molecule has 0 saturated carbocycles. The maximum Gasteiger partial charge on any atom is 0.221 e. The van der Waals surface area contributed by atoms with Crippen molar-refractivity contribution in [2.24, 2.45) is 10.9 Å². The smallest absolute Gasteiger partial charge is 0.221 e. The average molecular weight is 298 g/mol. The van der Waals surface area contributed by atoms with Crippen LogP contribution in [-0.4, -0.2) is 38.5 Å². The fraction of sp³-hybridized carbons (Fsp3) is 0.875. The first-order valence-electron chi connectivity index (χ1n) is 8.39. The van der Waals surface area contributed by atoms with Crippen molar-refractivity contribution >= 4 is 11.9 Å². The Morgan fingerprint density at radius 1 is 1.05 bits per heavy atom. The minimum Gasteiger partial charge on any atom is -0.356 e. The van der Waals surface area contributed by atoms with E-state index in [0.717, 1.165) is 25.5 Å². The maximum atomic E-state index is 11.5. The number of hydrogen-bond acceptors (Lipinski definition) is 2. The van der Waals surface area contributed by atoms with E-state index in [1.165, 1.54) is 25.7 Å². The molecule has 0 aliphatic rings. The predicted molar refractivity (Wildman–Crippen MR) is 90.6 cm³/mol. The van der Waals surface area contributed by atoms with Gasteiger partial charge in [0.1, 0.15) is 0 Å². The topological polar surface area (TPSA) is 65.5 Å². The van der Waals surface area contributed by atoms with E-state index in [-0.39, 0.29) is 5.91 Å². The van der Waals surface area contributed by atoms with E-state index in [1.54, 1.807) is 7.05 Å². The fourth-order valence-electron chi connectivity index (χ4n) is 2.05. The number of aliphatic imine (C=N–C) groups is 1. The van der Waals surface area contributed by atoms with Crippen molar-refractivity contribution < 1.29 is 4.79 Å². The van der Waals surface area contributed by atoms with Gasteiger partial charge >= 0.3 is 0 Å².